The van der Waals surface area contributed by atoms with Crippen LogP contribution in [0.5, 0.6) is 0 Å². The van der Waals surface area contributed by atoms with Crippen LogP contribution < -0.4 is 10.6 Å². The van der Waals surface area contributed by atoms with Crippen molar-refractivity contribution in [1.82, 2.24) is 30.1 Å². The van der Waals surface area contributed by atoms with Gasteiger partial charge < -0.3 is 20.1 Å². The van der Waals surface area contributed by atoms with E-state index in [9.17, 15) is 18.0 Å². The Hall–Kier alpha value is -3.46. The van der Waals surface area contributed by atoms with Crippen molar-refractivity contribution in [3.05, 3.63) is 35.4 Å². The summed E-state index contributed by atoms with van der Waals surface area (Å²) < 4.78 is 68.5. The summed E-state index contributed by atoms with van der Waals surface area (Å²) in [7, 11) is 0. The van der Waals surface area contributed by atoms with E-state index >= 15 is 4.39 Å². The van der Waals surface area contributed by atoms with Gasteiger partial charge in [-0.3, -0.25) is 9.84 Å². The lowest BCUT2D eigenvalue weighted by Crippen LogP contribution is -2.66. The largest absolute Gasteiger partial charge is 0.522 e. The van der Waals surface area contributed by atoms with Crippen molar-refractivity contribution < 1.29 is 36.6 Å². The SMILES string of the molecule is Cc1cn2nc(COC(F)(F)F)cc2c(Nc2cc([C@H]3OC[C@@H](OC(=O)NC45CCC4CC5)[C@@H]3F)[nH]n2)n1. The van der Waals surface area contributed by atoms with E-state index in [1.165, 1.54) is 16.6 Å². The van der Waals surface area contributed by atoms with Gasteiger partial charge in [0, 0.05) is 11.6 Å². The number of carbonyl (C=O) groups excluding carboxylic acids is 1. The van der Waals surface area contributed by atoms with Crippen molar-refractivity contribution in [2.45, 2.75) is 69.5 Å². The molecule has 1 saturated heterocycles. The van der Waals surface area contributed by atoms with Crippen molar-refractivity contribution in [3.8, 4) is 0 Å². The number of hydrogen-bond acceptors (Lipinski definition) is 8. The number of halogens is 4. The summed E-state index contributed by atoms with van der Waals surface area (Å²) in [4.78, 5) is 16.7. The molecule has 4 heterocycles. The second-order valence-electron chi connectivity index (χ2n) is 9.96. The highest BCUT2D eigenvalue weighted by Crippen LogP contribution is 2.53. The average molecular weight is 539 g/mol. The minimum absolute atomic E-state index is 0.0555. The summed E-state index contributed by atoms with van der Waals surface area (Å²) in [5, 5.41) is 16.8. The zero-order chi connectivity index (χ0) is 26.7. The number of carbonyl (C=O) groups is 1. The number of amides is 1. The maximum absolute atomic E-state index is 15.2. The molecule has 2 aliphatic carbocycles. The molecule has 0 radical (unpaired) electrons. The zero-order valence-corrected chi connectivity index (χ0v) is 20.2. The minimum Gasteiger partial charge on any atom is -0.441 e. The van der Waals surface area contributed by atoms with Gasteiger partial charge >= 0.3 is 12.5 Å². The van der Waals surface area contributed by atoms with E-state index in [1.54, 1.807) is 13.1 Å². The third-order valence-corrected chi connectivity index (χ3v) is 7.51. The lowest BCUT2D eigenvalue weighted by Gasteiger charge is -2.58. The molecule has 3 aromatic heterocycles. The molecule has 1 amide bonds. The lowest BCUT2D eigenvalue weighted by atomic mass is 9.53. The van der Waals surface area contributed by atoms with E-state index in [4.69, 9.17) is 9.47 Å². The first-order chi connectivity index (χ1) is 18.1. The van der Waals surface area contributed by atoms with Gasteiger partial charge in [0.1, 0.15) is 18.2 Å². The number of hydrogen-bond donors (Lipinski definition) is 3. The third kappa shape index (κ3) is 4.64. The fourth-order valence-electron chi connectivity index (χ4n) is 5.34. The number of rotatable bonds is 7. The van der Waals surface area contributed by atoms with Gasteiger partial charge in [-0.1, -0.05) is 0 Å². The van der Waals surface area contributed by atoms with Crippen molar-refractivity contribution in [3.63, 3.8) is 0 Å². The first kappa shape index (κ1) is 24.9. The molecule has 3 N–H and O–H groups in total. The van der Waals surface area contributed by atoms with Gasteiger partial charge in [0.05, 0.1) is 29.9 Å². The molecule has 6 rings (SSSR count). The molecule has 3 atom stereocenters. The van der Waals surface area contributed by atoms with Crippen LogP contribution >= 0.6 is 0 Å². The van der Waals surface area contributed by atoms with Gasteiger partial charge in [0.25, 0.3) is 0 Å². The Morgan fingerprint density at radius 3 is 2.79 bits per heavy atom. The number of aryl methyl sites for hydroxylation is 1. The summed E-state index contributed by atoms with van der Waals surface area (Å²) in [6, 6.07) is 2.93. The number of nitrogens with zero attached hydrogens (tertiary/aromatic N) is 4. The maximum Gasteiger partial charge on any atom is 0.522 e. The van der Waals surface area contributed by atoms with Crippen LogP contribution in [0.3, 0.4) is 0 Å². The Morgan fingerprint density at radius 2 is 2.11 bits per heavy atom. The van der Waals surface area contributed by atoms with Crippen LogP contribution in [0, 0.1) is 12.8 Å². The van der Waals surface area contributed by atoms with E-state index in [-0.39, 0.29) is 29.5 Å². The van der Waals surface area contributed by atoms with E-state index in [2.05, 4.69) is 35.7 Å². The molecule has 3 aliphatic rings. The standard InChI is InChI=1S/C23H25F4N7O4/c1-11-8-34-15(6-13(33-34)9-37-23(25,26)27)20(28-11)29-17-7-14(31-32-17)19-18(24)16(10-36-19)38-21(35)30-22-4-2-12(22)3-5-22/h6-8,12,16,18-19H,2-5,9-10H2,1H3,(H,30,35)(H2,28,29,31,32)/t12?,16-,18+,19-,22?/m1/s1. The molecule has 11 nitrogen and oxygen atoms in total. The summed E-state index contributed by atoms with van der Waals surface area (Å²) >= 11 is 0. The quantitative estimate of drug-likeness (QED) is 0.385. The molecular formula is C23H25F4N7O4. The average Bonchev–Trinajstić information content (AvgIpc) is 3.55. The van der Waals surface area contributed by atoms with E-state index < -0.39 is 37.4 Å². The highest BCUT2D eigenvalue weighted by atomic mass is 19.4. The molecule has 0 bridgehead atoms. The van der Waals surface area contributed by atoms with Gasteiger partial charge in [-0.15, -0.1) is 13.2 Å². The molecule has 1 aliphatic heterocycles. The molecule has 15 heteroatoms. The fraction of sp³-hybridized carbons (Fsp3) is 0.565. The number of alkyl halides is 4. The molecule has 204 valence electrons. The predicted molar refractivity (Wildman–Crippen MR) is 122 cm³/mol. The van der Waals surface area contributed by atoms with E-state index in [1.807, 2.05) is 0 Å². The number of aromatic amines is 1. The Morgan fingerprint density at radius 1 is 1.32 bits per heavy atom. The minimum atomic E-state index is -4.78. The van der Waals surface area contributed by atoms with Crippen molar-refractivity contribution in [2.24, 2.45) is 5.92 Å². The Balaban J connectivity index is 1.11. The zero-order valence-electron chi connectivity index (χ0n) is 20.2. The van der Waals surface area contributed by atoms with Crippen molar-refractivity contribution in [1.29, 1.82) is 0 Å². The first-order valence-electron chi connectivity index (χ1n) is 12.2. The second kappa shape index (κ2) is 9.08. The predicted octanol–water partition coefficient (Wildman–Crippen LogP) is 3.99. The third-order valence-electron chi connectivity index (χ3n) is 7.51. The molecule has 3 aromatic rings. The summed E-state index contributed by atoms with van der Waals surface area (Å²) in [6.45, 7) is 0.840. The van der Waals surface area contributed by atoms with Gasteiger partial charge in [0.2, 0.25) is 0 Å². The molecule has 0 unspecified atom stereocenters. The topological polar surface area (TPSA) is 128 Å². The smallest absolute Gasteiger partial charge is 0.441 e. The summed E-state index contributed by atoms with van der Waals surface area (Å²) in [5.74, 6) is 1.04. The Bertz CT molecular complexity index is 1350. The number of H-pyrrole nitrogens is 1. The van der Waals surface area contributed by atoms with Crippen LogP contribution in [0.4, 0.5) is 34.0 Å². The van der Waals surface area contributed by atoms with Crippen LogP contribution in [0.25, 0.3) is 5.52 Å². The number of aromatic nitrogens is 5. The molecule has 0 spiro atoms. The maximum atomic E-state index is 15.2. The van der Waals surface area contributed by atoms with Gasteiger partial charge in [-0.05, 0) is 44.6 Å². The summed E-state index contributed by atoms with van der Waals surface area (Å²) in [5.41, 5.74) is 1.13. The van der Waals surface area contributed by atoms with Gasteiger partial charge in [-0.2, -0.15) is 10.2 Å². The highest BCUT2D eigenvalue weighted by Gasteiger charge is 2.55. The Kier molecular flexibility index (Phi) is 5.94. The van der Waals surface area contributed by atoms with E-state index in [0.717, 1.165) is 25.7 Å². The van der Waals surface area contributed by atoms with Crippen LogP contribution in [-0.2, 0) is 20.8 Å². The van der Waals surface area contributed by atoms with Crippen LogP contribution in [0.2, 0.25) is 0 Å². The number of nitrogens with one attached hydrogen (secondary N) is 3. The van der Waals surface area contributed by atoms with Gasteiger partial charge in [0.15, 0.2) is 23.9 Å². The summed E-state index contributed by atoms with van der Waals surface area (Å²) in [6.07, 6.45) is -3.53. The fourth-order valence-corrected chi connectivity index (χ4v) is 5.34. The molecule has 0 aromatic carbocycles. The molecule has 2 saturated carbocycles. The van der Waals surface area contributed by atoms with Crippen LogP contribution in [-0.4, -0.2) is 61.7 Å². The number of fused-ring (bicyclic) bond motifs is 2. The van der Waals surface area contributed by atoms with Crippen molar-refractivity contribution >= 4 is 23.2 Å². The number of anilines is 2. The normalized spacial score (nSPS) is 28.4. The Labute approximate surface area is 213 Å². The van der Waals surface area contributed by atoms with Crippen LogP contribution in [0.15, 0.2) is 18.3 Å². The molecular weight excluding hydrogens is 514 g/mol. The monoisotopic (exact) mass is 539 g/mol. The number of alkyl carbamates (subject to hydrolysis) is 1. The highest BCUT2D eigenvalue weighted by molar-refractivity contribution is 5.72. The first-order valence-corrected chi connectivity index (χ1v) is 12.2. The number of ether oxygens (including phenoxy) is 3. The van der Waals surface area contributed by atoms with E-state index in [0.29, 0.717) is 22.8 Å². The van der Waals surface area contributed by atoms with Gasteiger partial charge in [-0.25, -0.2) is 18.7 Å². The van der Waals surface area contributed by atoms with Crippen LogP contribution in [0.1, 0.15) is 48.9 Å². The molecule has 3 fully saturated rings. The molecule has 38 heavy (non-hydrogen) atoms. The lowest BCUT2D eigenvalue weighted by molar-refractivity contribution is -0.330. The van der Waals surface area contributed by atoms with Crippen molar-refractivity contribution in [2.75, 3.05) is 11.9 Å². The second-order valence-corrected chi connectivity index (χ2v) is 9.96.